The van der Waals surface area contributed by atoms with E-state index >= 15 is 0 Å². The lowest BCUT2D eigenvalue weighted by molar-refractivity contribution is 0.355. The fraction of sp³-hybridized carbons (Fsp3) is 0.333. The Morgan fingerprint density at radius 1 is 1.22 bits per heavy atom. The molecule has 0 aliphatic rings. The summed E-state index contributed by atoms with van der Waals surface area (Å²) in [5.41, 5.74) is 0.940. The molecule has 0 spiro atoms. The predicted molar refractivity (Wildman–Crippen MR) is 67.9 cm³/mol. The number of hydrogen-bond donors (Lipinski definition) is 1. The highest BCUT2D eigenvalue weighted by Gasteiger charge is 2.05. The summed E-state index contributed by atoms with van der Waals surface area (Å²) in [5, 5.41) is 11.1. The molecule has 6 nitrogen and oxygen atoms in total. The number of benzene rings is 1. The van der Waals surface area contributed by atoms with E-state index in [9.17, 15) is 0 Å². The van der Waals surface area contributed by atoms with Gasteiger partial charge in [-0.05, 0) is 12.1 Å². The average Bonchev–Trinajstić information content (AvgIpc) is 2.81. The lowest BCUT2D eigenvalue weighted by Crippen LogP contribution is -2.05. The van der Waals surface area contributed by atoms with Gasteiger partial charge in [0.05, 0.1) is 20.8 Å². The minimum atomic E-state index is 0.603. The minimum absolute atomic E-state index is 0.603. The van der Waals surface area contributed by atoms with E-state index in [1.54, 1.807) is 20.5 Å². The molecule has 18 heavy (non-hydrogen) atoms. The quantitative estimate of drug-likeness (QED) is 0.867. The van der Waals surface area contributed by atoms with E-state index in [0.717, 1.165) is 11.5 Å². The Labute approximate surface area is 106 Å². The molecule has 0 aliphatic carbocycles. The van der Waals surface area contributed by atoms with Crippen LogP contribution in [-0.2, 0) is 13.6 Å². The molecule has 2 rings (SSSR count). The van der Waals surface area contributed by atoms with Crippen LogP contribution in [0.2, 0.25) is 0 Å². The van der Waals surface area contributed by atoms with Crippen molar-refractivity contribution in [2.24, 2.45) is 7.05 Å². The third kappa shape index (κ3) is 2.53. The van der Waals surface area contributed by atoms with Crippen molar-refractivity contribution in [2.75, 3.05) is 19.5 Å². The molecule has 0 saturated heterocycles. The second-order valence-electron chi connectivity index (χ2n) is 3.78. The molecular formula is C12H16N4O2. The Bertz CT molecular complexity index is 525. The zero-order valence-corrected chi connectivity index (χ0v) is 10.7. The van der Waals surface area contributed by atoms with Gasteiger partial charge in [-0.3, -0.25) is 0 Å². The van der Waals surface area contributed by atoms with Crippen LogP contribution in [0.15, 0.2) is 24.5 Å². The van der Waals surface area contributed by atoms with Gasteiger partial charge >= 0.3 is 0 Å². The summed E-state index contributed by atoms with van der Waals surface area (Å²) in [6.07, 6.45) is 1.67. The normalized spacial score (nSPS) is 10.2. The van der Waals surface area contributed by atoms with Crippen LogP contribution in [0.5, 0.6) is 11.5 Å². The summed E-state index contributed by atoms with van der Waals surface area (Å²) in [6.45, 7) is 0.603. The number of rotatable bonds is 5. The standard InChI is InChI=1S/C12H16N4O2/c1-16-8-14-15-12(16)7-13-9-4-5-10(17-2)11(6-9)18-3/h4-6,8,13H,7H2,1-3H3. The van der Waals surface area contributed by atoms with E-state index in [4.69, 9.17) is 9.47 Å². The zero-order valence-electron chi connectivity index (χ0n) is 10.7. The lowest BCUT2D eigenvalue weighted by Gasteiger charge is -2.10. The summed E-state index contributed by atoms with van der Waals surface area (Å²) in [6, 6.07) is 5.67. The maximum Gasteiger partial charge on any atom is 0.162 e. The van der Waals surface area contributed by atoms with Crippen LogP contribution in [0.3, 0.4) is 0 Å². The van der Waals surface area contributed by atoms with Crippen molar-refractivity contribution >= 4 is 5.69 Å². The number of aryl methyl sites for hydroxylation is 1. The summed E-state index contributed by atoms with van der Waals surface area (Å²) in [7, 11) is 5.14. The van der Waals surface area contributed by atoms with Gasteiger partial charge < -0.3 is 19.4 Å². The fourth-order valence-corrected chi connectivity index (χ4v) is 1.59. The summed E-state index contributed by atoms with van der Waals surface area (Å²) >= 11 is 0. The number of aromatic nitrogens is 3. The first-order valence-electron chi connectivity index (χ1n) is 5.53. The molecule has 0 fully saturated rings. The minimum Gasteiger partial charge on any atom is -0.493 e. The highest BCUT2D eigenvalue weighted by molar-refractivity contribution is 5.54. The number of hydrogen-bond acceptors (Lipinski definition) is 5. The Balaban J connectivity index is 2.08. The van der Waals surface area contributed by atoms with Crippen molar-refractivity contribution in [3.8, 4) is 11.5 Å². The summed E-state index contributed by atoms with van der Waals surface area (Å²) in [5.74, 6) is 2.27. The SMILES string of the molecule is COc1ccc(NCc2nncn2C)cc1OC. The van der Waals surface area contributed by atoms with Crippen molar-refractivity contribution in [2.45, 2.75) is 6.54 Å². The Morgan fingerprint density at radius 2 is 2.00 bits per heavy atom. The van der Waals surface area contributed by atoms with E-state index in [-0.39, 0.29) is 0 Å². The highest BCUT2D eigenvalue weighted by Crippen LogP contribution is 2.29. The van der Waals surface area contributed by atoms with Crippen LogP contribution in [-0.4, -0.2) is 29.0 Å². The molecule has 0 atom stereocenters. The number of nitrogens with zero attached hydrogens (tertiary/aromatic N) is 3. The number of nitrogens with one attached hydrogen (secondary N) is 1. The van der Waals surface area contributed by atoms with Gasteiger partial charge in [0.25, 0.3) is 0 Å². The molecule has 0 aliphatic heterocycles. The molecule has 1 heterocycles. The van der Waals surface area contributed by atoms with Crippen molar-refractivity contribution in [1.82, 2.24) is 14.8 Å². The van der Waals surface area contributed by atoms with E-state index in [2.05, 4.69) is 15.5 Å². The Morgan fingerprint density at radius 3 is 2.61 bits per heavy atom. The van der Waals surface area contributed by atoms with Crippen LogP contribution in [0, 0.1) is 0 Å². The summed E-state index contributed by atoms with van der Waals surface area (Å²) < 4.78 is 12.3. The van der Waals surface area contributed by atoms with Crippen molar-refractivity contribution in [3.05, 3.63) is 30.4 Å². The Hall–Kier alpha value is -2.24. The molecule has 96 valence electrons. The predicted octanol–water partition coefficient (Wildman–Crippen LogP) is 1.44. The molecule has 1 aromatic carbocycles. The van der Waals surface area contributed by atoms with Gasteiger partial charge in [0.1, 0.15) is 6.33 Å². The van der Waals surface area contributed by atoms with Crippen molar-refractivity contribution < 1.29 is 9.47 Å². The average molecular weight is 248 g/mol. The number of anilines is 1. The maximum atomic E-state index is 5.24. The summed E-state index contributed by atoms with van der Waals surface area (Å²) in [4.78, 5) is 0. The van der Waals surface area contributed by atoms with Gasteiger partial charge in [0, 0.05) is 18.8 Å². The van der Waals surface area contributed by atoms with E-state index < -0.39 is 0 Å². The second kappa shape index (κ2) is 5.39. The van der Waals surface area contributed by atoms with Gasteiger partial charge in [0.15, 0.2) is 17.3 Å². The smallest absolute Gasteiger partial charge is 0.162 e. The van der Waals surface area contributed by atoms with Crippen molar-refractivity contribution in [3.63, 3.8) is 0 Å². The highest BCUT2D eigenvalue weighted by atomic mass is 16.5. The molecule has 1 aromatic heterocycles. The number of methoxy groups -OCH3 is 2. The van der Waals surface area contributed by atoms with Crippen LogP contribution >= 0.6 is 0 Å². The molecule has 0 amide bonds. The third-order valence-corrected chi connectivity index (χ3v) is 2.64. The molecule has 1 N–H and O–H groups in total. The monoisotopic (exact) mass is 248 g/mol. The van der Waals surface area contributed by atoms with Gasteiger partial charge in [-0.15, -0.1) is 10.2 Å². The third-order valence-electron chi connectivity index (χ3n) is 2.64. The van der Waals surface area contributed by atoms with Crippen LogP contribution < -0.4 is 14.8 Å². The molecule has 0 bridgehead atoms. The molecule has 6 heteroatoms. The zero-order chi connectivity index (χ0) is 13.0. The van der Waals surface area contributed by atoms with Gasteiger partial charge in [0.2, 0.25) is 0 Å². The molecule has 0 unspecified atom stereocenters. The van der Waals surface area contributed by atoms with E-state index in [0.29, 0.717) is 18.0 Å². The van der Waals surface area contributed by atoms with Gasteiger partial charge in [-0.25, -0.2) is 0 Å². The largest absolute Gasteiger partial charge is 0.493 e. The van der Waals surface area contributed by atoms with Crippen LogP contribution in [0.4, 0.5) is 5.69 Å². The second-order valence-corrected chi connectivity index (χ2v) is 3.78. The first kappa shape index (κ1) is 12.2. The maximum absolute atomic E-state index is 5.24. The van der Waals surface area contributed by atoms with Crippen LogP contribution in [0.1, 0.15) is 5.82 Å². The molecule has 0 radical (unpaired) electrons. The van der Waals surface area contributed by atoms with E-state index in [1.165, 1.54) is 0 Å². The number of ether oxygens (including phenoxy) is 2. The fourth-order valence-electron chi connectivity index (χ4n) is 1.59. The molecular weight excluding hydrogens is 232 g/mol. The lowest BCUT2D eigenvalue weighted by atomic mass is 10.2. The first-order chi connectivity index (χ1) is 8.74. The molecule has 2 aromatic rings. The van der Waals surface area contributed by atoms with E-state index in [1.807, 2.05) is 29.8 Å². The van der Waals surface area contributed by atoms with Crippen molar-refractivity contribution in [1.29, 1.82) is 0 Å². The molecule has 0 saturated carbocycles. The topological polar surface area (TPSA) is 61.2 Å². The van der Waals surface area contributed by atoms with Gasteiger partial charge in [-0.1, -0.05) is 0 Å². The van der Waals surface area contributed by atoms with Crippen LogP contribution in [0.25, 0.3) is 0 Å². The van der Waals surface area contributed by atoms with Gasteiger partial charge in [-0.2, -0.15) is 0 Å². The first-order valence-corrected chi connectivity index (χ1v) is 5.53. The Kier molecular flexibility index (Phi) is 3.66.